The van der Waals surface area contributed by atoms with Crippen molar-refractivity contribution in [3.05, 3.63) is 64.2 Å². The van der Waals surface area contributed by atoms with Gasteiger partial charge in [0.1, 0.15) is 0 Å². The Morgan fingerprint density at radius 3 is 2.15 bits per heavy atom. The molecule has 2 aromatic rings. The summed E-state index contributed by atoms with van der Waals surface area (Å²) >= 11 is 0. The normalized spacial score (nSPS) is 20.7. The number of nitro benzene ring substituents is 1. The fourth-order valence-electron chi connectivity index (χ4n) is 3.81. The number of benzene rings is 2. The second-order valence-electron chi connectivity index (χ2n) is 8.23. The minimum absolute atomic E-state index is 0.0597. The number of non-ortho nitro benzene ring substituents is 1. The molecular weight excluding hydrogens is 480 g/mol. The molecule has 3 rings (SSSR count). The molecule has 0 radical (unpaired) electrons. The van der Waals surface area contributed by atoms with E-state index in [0.717, 1.165) is 35.0 Å². The average molecular weight is 509 g/mol. The van der Waals surface area contributed by atoms with Gasteiger partial charge in [-0.25, -0.2) is 8.42 Å². The van der Waals surface area contributed by atoms with Crippen molar-refractivity contribution in [2.75, 3.05) is 7.05 Å². The molecule has 0 N–H and O–H groups in total. The molecule has 1 saturated heterocycles. The quantitative estimate of drug-likeness (QED) is 0.209. The van der Waals surface area contributed by atoms with Crippen molar-refractivity contribution < 1.29 is 21.8 Å². The summed E-state index contributed by atoms with van der Waals surface area (Å²) in [5.74, 6) is 0. The second-order valence-corrected chi connectivity index (χ2v) is 12.0. The minimum Gasteiger partial charge on any atom is -0.258 e. The van der Waals surface area contributed by atoms with E-state index in [9.17, 15) is 26.9 Å². The van der Waals surface area contributed by atoms with Crippen LogP contribution >= 0.6 is 0 Å². The predicted molar refractivity (Wildman–Crippen MR) is 128 cm³/mol. The van der Waals surface area contributed by atoms with Crippen LogP contribution in [0.5, 0.6) is 0 Å². The van der Waals surface area contributed by atoms with Crippen molar-refractivity contribution >= 4 is 31.4 Å². The molecule has 1 unspecified atom stereocenters. The van der Waals surface area contributed by atoms with Crippen LogP contribution < -0.4 is 0 Å². The van der Waals surface area contributed by atoms with Gasteiger partial charge in [0, 0.05) is 25.2 Å². The molecule has 0 spiro atoms. The maximum absolute atomic E-state index is 13.3. The molecule has 1 aliphatic rings. The maximum Gasteiger partial charge on any atom is 0.278 e. The zero-order valence-electron chi connectivity index (χ0n) is 19.4. The molecule has 1 fully saturated rings. The zero-order chi connectivity index (χ0) is 25.3. The first kappa shape index (κ1) is 25.8. The third-order valence-electron chi connectivity index (χ3n) is 5.75. The lowest BCUT2D eigenvalue weighted by Gasteiger charge is -2.15. The Hall–Kier alpha value is -2.83. The summed E-state index contributed by atoms with van der Waals surface area (Å²) < 4.78 is 54.5. The number of aryl methyl sites for hydroxylation is 1. The number of hydrogen-bond donors (Lipinski definition) is 0. The Morgan fingerprint density at radius 1 is 1.06 bits per heavy atom. The van der Waals surface area contributed by atoms with Crippen LogP contribution in [0.3, 0.4) is 0 Å². The Kier molecular flexibility index (Phi) is 7.44. The fourth-order valence-corrected chi connectivity index (χ4v) is 6.66. The highest BCUT2D eigenvalue weighted by Gasteiger charge is 2.56. The SMILES string of the molecule is CCCC[C@@H]1[C@@H](/C(C)=N/N(C)S(=O)(=O)c2ccc(C)cc2)N1S(=O)(=O)c1ccc([N+](=O)[O-])cc1. The molecule has 0 bridgehead atoms. The summed E-state index contributed by atoms with van der Waals surface area (Å²) in [7, 11) is -6.53. The van der Waals surface area contributed by atoms with Crippen LogP contribution in [0.4, 0.5) is 5.69 Å². The third kappa shape index (κ3) is 5.13. The molecule has 0 aromatic heterocycles. The van der Waals surface area contributed by atoms with Crippen molar-refractivity contribution in [2.45, 2.75) is 61.9 Å². The highest BCUT2D eigenvalue weighted by atomic mass is 32.2. The predicted octanol–water partition coefficient (Wildman–Crippen LogP) is 3.53. The highest BCUT2D eigenvalue weighted by molar-refractivity contribution is 7.89. The third-order valence-corrected chi connectivity index (χ3v) is 9.31. The van der Waals surface area contributed by atoms with E-state index in [-0.39, 0.29) is 21.5 Å². The van der Waals surface area contributed by atoms with Crippen molar-refractivity contribution in [3.8, 4) is 0 Å². The van der Waals surface area contributed by atoms with E-state index in [2.05, 4.69) is 5.10 Å². The van der Waals surface area contributed by atoms with E-state index < -0.39 is 31.0 Å². The summed E-state index contributed by atoms with van der Waals surface area (Å²) in [4.78, 5) is 10.3. The second kappa shape index (κ2) is 9.80. The van der Waals surface area contributed by atoms with Crippen molar-refractivity contribution in [3.63, 3.8) is 0 Å². The van der Waals surface area contributed by atoms with E-state index in [1.165, 1.54) is 35.6 Å². The number of nitrogens with zero attached hydrogens (tertiary/aromatic N) is 4. The number of hydrogen-bond acceptors (Lipinski definition) is 7. The van der Waals surface area contributed by atoms with Gasteiger partial charge >= 0.3 is 0 Å². The molecular formula is C22H28N4O6S2. The summed E-state index contributed by atoms with van der Waals surface area (Å²) in [6.07, 6.45) is 2.25. The van der Waals surface area contributed by atoms with E-state index in [1.807, 2.05) is 13.8 Å². The van der Waals surface area contributed by atoms with Gasteiger partial charge in [0.2, 0.25) is 10.0 Å². The molecule has 0 saturated carbocycles. The van der Waals surface area contributed by atoms with Crippen LogP contribution in [0, 0.1) is 17.0 Å². The van der Waals surface area contributed by atoms with Crippen LogP contribution in [0.1, 0.15) is 38.7 Å². The van der Waals surface area contributed by atoms with Gasteiger partial charge in [-0.15, -0.1) is 0 Å². The maximum atomic E-state index is 13.3. The lowest BCUT2D eigenvalue weighted by Crippen LogP contribution is -2.25. The summed E-state index contributed by atoms with van der Waals surface area (Å²) in [5.41, 5.74) is 1.07. The Morgan fingerprint density at radius 2 is 1.62 bits per heavy atom. The minimum atomic E-state index is -3.95. The number of nitro groups is 1. The number of hydrazone groups is 1. The van der Waals surface area contributed by atoms with E-state index in [1.54, 1.807) is 19.1 Å². The smallest absolute Gasteiger partial charge is 0.258 e. The molecule has 1 heterocycles. The highest BCUT2D eigenvalue weighted by Crippen LogP contribution is 2.40. The average Bonchev–Trinajstić information content (AvgIpc) is 3.53. The lowest BCUT2D eigenvalue weighted by atomic mass is 10.1. The molecule has 0 aliphatic carbocycles. The van der Waals surface area contributed by atoms with Gasteiger partial charge in [-0.3, -0.25) is 10.1 Å². The van der Waals surface area contributed by atoms with Gasteiger partial charge in [0.25, 0.3) is 15.7 Å². The first-order valence-electron chi connectivity index (χ1n) is 10.8. The fraction of sp³-hybridized carbons (Fsp3) is 0.409. The number of unbranched alkanes of at least 4 members (excludes halogenated alkanes) is 1. The summed E-state index contributed by atoms with van der Waals surface area (Å²) in [5, 5.41) is 15.1. The van der Waals surface area contributed by atoms with Crippen molar-refractivity contribution in [2.24, 2.45) is 5.10 Å². The van der Waals surface area contributed by atoms with Gasteiger partial charge in [-0.1, -0.05) is 37.5 Å². The number of sulfonamides is 2. The number of rotatable bonds is 10. The van der Waals surface area contributed by atoms with Crippen molar-refractivity contribution in [1.82, 2.24) is 8.72 Å². The Balaban J connectivity index is 1.89. The largest absolute Gasteiger partial charge is 0.278 e. The topological polar surface area (TPSA) is 130 Å². The molecule has 3 atom stereocenters. The lowest BCUT2D eigenvalue weighted by molar-refractivity contribution is -0.384. The van der Waals surface area contributed by atoms with Crippen LogP contribution in [-0.2, 0) is 20.0 Å². The molecule has 0 amide bonds. The van der Waals surface area contributed by atoms with Crippen LogP contribution in [0.25, 0.3) is 0 Å². The van der Waals surface area contributed by atoms with E-state index in [4.69, 9.17) is 0 Å². The van der Waals surface area contributed by atoms with Crippen molar-refractivity contribution in [1.29, 1.82) is 0 Å². The first-order valence-corrected chi connectivity index (χ1v) is 13.7. The zero-order valence-corrected chi connectivity index (χ0v) is 21.1. The standard InChI is InChI=1S/C22H28N4O6S2/c1-5-6-7-21-22(25(21)34(31,32)20-14-10-18(11-15-20)26(27)28)17(3)23-24(4)33(29,30)19-12-8-16(2)9-13-19/h8-15,21-22H,5-7H2,1-4H3/b23-17+/t21-,22-,25?/m1/s1. The molecule has 2 aromatic carbocycles. The molecule has 10 nitrogen and oxygen atoms in total. The van der Waals surface area contributed by atoms with Crippen LogP contribution in [-0.4, -0.2) is 55.3 Å². The van der Waals surface area contributed by atoms with Gasteiger partial charge in [0.15, 0.2) is 0 Å². The first-order chi connectivity index (χ1) is 15.9. The summed E-state index contributed by atoms with van der Waals surface area (Å²) in [6, 6.07) is 10.1. The Bertz CT molecular complexity index is 1290. The molecule has 12 heteroatoms. The van der Waals surface area contributed by atoms with Crippen LogP contribution in [0.15, 0.2) is 63.4 Å². The van der Waals surface area contributed by atoms with Gasteiger partial charge < -0.3 is 0 Å². The summed E-state index contributed by atoms with van der Waals surface area (Å²) in [6.45, 7) is 5.46. The molecule has 1 aliphatic heterocycles. The monoisotopic (exact) mass is 508 g/mol. The van der Waals surface area contributed by atoms with Gasteiger partial charge in [-0.05, 0) is 44.5 Å². The Labute approximate surface area is 200 Å². The molecule has 184 valence electrons. The van der Waals surface area contributed by atoms with E-state index in [0.29, 0.717) is 12.1 Å². The van der Waals surface area contributed by atoms with E-state index >= 15 is 0 Å². The molecule has 34 heavy (non-hydrogen) atoms. The van der Waals surface area contributed by atoms with Gasteiger partial charge in [-0.2, -0.15) is 22.2 Å². The van der Waals surface area contributed by atoms with Gasteiger partial charge in [0.05, 0.1) is 26.5 Å². The van der Waals surface area contributed by atoms with Crippen LogP contribution in [0.2, 0.25) is 0 Å².